The molecule has 0 radical (unpaired) electrons. The topological polar surface area (TPSA) is 32.3 Å². The molecule has 17 heavy (non-hydrogen) atoms. The third kappa shape index (κ3) is 2.89. The number of nitrogens with zero attached hydrogens (tertiary/aromatic N) is 1. The largest absolute Gasteiger partial charge is 0.338 e. The van der Waals surface area contributed by atoms with E-state index in [0.29, 0.717) is 6.04 Å². The van der Waals surface area contributed by atoms with E-state index in [9.17, 15) is 4.79 Å². The molecule has 1 amide bonds. The van der Waals surface area contributed by atoms with Crippen molar-refractivity contribution in [3.05, 3.63) is 20.3 Å². The molecule has 0 aliphatic carbocycles. The van der Waals surface area contributed by atoms with Gasteiger partial charge in [-0.1, -0.05) is 0 Å². The van der Waals surface area contributed by atoms with Gasteiger partial charge in [-0.15, -0.1) is 11.3 Å². The van der Waals surface area contributed by atoms with Crippen molar-refractivity contribution >= 4 is 33.2 Å². The molecular weight excluding hydrogens is 300 g/mol. The molecule has 2 heterocycles. The van der Waals surface area contributed by atoms with Crippen molar-refractivity contribution in [2.24, 2.45) is 0 Å². The molecule has 1 aromatic heterocycles. The number of thiophene rings is 1. The lowest BCUT2D eigenvalue weighted by Crippen LogP contribution is -2.43. The summed E-state index contributed by atoms with van der Waals surface area (Å²) >= 11 is 4.99. The normalized spacial score (nSPS) is 17.1. The molecule has 1 N–H and O–H groups in total. The molecule has 1 fully saturated rings. The first-order valence-corrected chi connectivity index (χ1v) is 7.44. The highest BCUT2D eigenvalue weighted by Crippen LogP contribution is 2.28. The van der Waals surface area contributed by atoms with Crippen LogP contribution in [0.2, 0.25) is 0 Å². The van der Waals surface area contributed by atoms with Crippen molar-refractivity contribution < 1.29 is 4.79 Å². The Balaban J connectivity index is 2.08. The Morgan fingerprint density at radius 3 is 2.71 bits per heavy atom. The standard InChI is InChI=1S/C12H17BrN2OS/c1-8-7-10(17-11(8)13)12(16)15(2)9-3-5-14-6-4-9/h7,9,14H,3-6H2,1-2H3. The van der Waals surface area contributed by atoms with E-state index in [1.165, 1.54) is 11.3 Å². The molecule has 0 atom stereocenters. The Morgan fingerprint density at radius 2 is 2.18 bits per heavy atom. The predicted molar refractivity (Wildman–Crippen MR) is 74.7 cm³/mol. The number of hydrogen-bond acceptors (Lipinski definition) is 3. The van der Waals surface area contributed by atoms with Crippen LogP contribution in [0.1, 0.15) is 28.1 Å². The lowest BCUT2D eigenvalue weighted by molar-refractivity contribution is 0.0708. The van der Waals surface area contributed by atoms with Gasteiger partial charge in [0.05, 0.1) is 8.66 Å². The Bertz CT molecular complexity index is 393. The Labute approximate surface area is 114 Å². The fraction of sp³-hybridized carbons (Fsp3) is 0.583. The fourth-order valence-electron chi connectivity index (χ4n) is 2.10. The molecular formula is C12H17BrN2OS. The maximum Gasteiger partial charge on any atom is 0.263 e. The minimum atomic E-state index is 0.149. The summed E-state index contributed by atoms with van der Waals surface area (Å²) in [6.07, 6.45) is 2.10. The molecule has 0 saturated carbocycles. The summed E-state index contributed by atoms with van der Waals surface area (Å²) < 4.78 is 1.06. The molecule has 5 heteroatoms. The predicted octanol–water partition coefficient (Wildman–Crippen LogP) is 2.64. The third-order valence-electron chi connectivity index (χ3n) is 3.24. The van der Waals surface area contributed by atoms with Crippen molar-refractivity contribution in [1.82, 2.24) is 10.2 Å². The van der Waals surface area contributed by atoms with Crippen molar-refractivity contribution in [1.29, 1.82) is 0 Å². The molecule has 1 aliphatic rings. The number of piperidine rings is 1. The first kappa shape index (κ1) is 13.1. The monoisotopic (exact) mass is 316 g/mol. The van der Waals surface area contributed by atoms with Gasteiger partial charge in [-0.2, -0.15) is 0 Å². The van der Waals surface area contributed by atoms with E-state index in [1.807, 2.05) is 24.9 Å². The van der Waals surface area contributed by atoms with Crippen molar-refractivity contribution in [2.75, 3.05) is 20.1 Å². The molecule has 0 spiro atoms. The van der Waals surface area contributed by atoms with Gasteiger partial charge in [0, 0.05) is 13.1 Å². The molecule has 0 bridgehead atoms. The third-order valence-corrected chi connectivity index (χ3v) is 5.37. The van der Waals surface area contributed by atoms with Gasteiger partial charge in [0.25, 0.3) is 5.91 Å². The Kier molecular flexibility index (Phi) is 4.22. The molecule has 2 rings (SSSR count). The van der Waals surface area contributed by atoms with Crippen LogP contribution in [0, 0.1) is 6.92 Å². The van der Waals surface area contributed by atoms with Crippen molar-refractivity contribution in [2.45, 2.75) is 25.8 Å². The SMILES string of the molecule is Cc1cc(C(=O)N(C)C2CCNCC2)sc1Br. The fourth-order valence-corrected chi connectivity index (χ4v) is 3.62. The van der Waals surface area contributed by atoms with E-state index in [1.54, 1.807) is 0 Å². The van der Waals surface area contributed by atoms with Crippen LogP contribution in [0.5, 0.6) is 0 Å². The number of halogens is 1. The van der Waals surface area contributed by atoms with Crippen LogP contribution in [0.15, 0.2) is 9.85 Å². The highest BCUT2D eigenvalue weighted by molar-refractivity contribution is 9.11. The van der Waals surface area contributed by atoms with E-state index < -0.39 is 0 Å². The van der Waals surface area contributed by atoms with E-state index in [0.717, 1.165) is 40.2 Å². The summed E-state index contributed by atoms with van der Waals surface area (Å²) in [4.78, 5) is 15.0. The van der Waals surface area contributed by atoms with Crippen LogP contribution in [-0.4, -0.2) is 37.0 Å². The summed E-state index contributed by atoms with van der Waals surface area (Å²) in [7, 11) is 1.92. The molecule has 1 aromatic rings. The van der Waals surface area contributed by atoms with Crippen LogP contribution in [0.4, 0.5) is 0 Å². The summed E-state index contributed by atoms with van der Waals surface area (Å²) in [5.74, 6) is 0.149. The van der Waals surface area contributed by atoms with E-state index in [2.05, 4.69) is 21.2 Å². The van der Waals surface area contributed by atoms with Gasteiger partial charge in [0.15, 0.2) is 0 Å². The summed E-state index contributed by atoms with van der Waals surface area (Å²) in [5, 5.41) is 3.32. The molecule has 1 saturated heterocycles. The number of nitrogens with one attached hydrogen (secondary N) is 1. The highest BCUT2D eigenvalue weighted by Gasteiger charge is 2.24. The number of carbonyl (C=O) groups excluding carboxylic acids is 1. The minimum absolute atomic E-state index is 0.149. The second kappa shape index (κ2) is 5.50. The maximum absolute atomic E-state index is 12.3. The second-order valence-corrected chi connectivity index (χ2v) is 6.83. The molecule has 1 aliphatic heterocycles. The van der Waals surface area contributed by atoms with Gasteiger partial charge in [-0.3, -0.25) is 4.79 Å². The smallest absolute Gasteiger partial charge is 0.263 e. The average molecular weight is 317 g/mol. The number of amides is 1. The van der Waals surface area contributed by atoms with Crippen LogP contribution in [0.3, 0.4) is 0 Å². The van der Waals surface area contributed by atoms with Crippen molar-refractivity contribution in [3.8, 4) is 0 Å². The average Bonchev–Trinajstić information content (AvgIpc) is 2.69. The van der Waals surface area contributed by atoms with Crippen LogP contribution < -0.4 is 5.32 Å². The Morgan fingerprint density at radius 1 is 1.53 bits per heavy atom. The van der Waals surface area contributed by atoms with E-state index in [4.69, 9.17) is 0 Å². The number of rotatable bonds is 2. The first-order valence-electron chi connectivity index (χ1n) is 5.83. The summed E-state index contributed by atoms with van der Waals surface area (Å²) in [6, 6.07) is 2.35. The van der Waals surface area contributed by atoms with Gasteiger partial charge < -0.3 is 10.2 Å². The van der Waals surface area contributed by atoms with Crippen LogP contribution in [0.25, 0.3) is 0 Å². The van der Waals surface area contributed by atoms with Crippen LogP contribution >= 0.6 is 27.3 Å². The lowest BCUT2D eigenvalue weighted by atomic mass is 10.1. The number of hydrogen-bond donors (Lipinski definition) is 1. The van der Waals surface area contributed by atoms with Crippen LogP contribution in [-0.2, 0) is 0 Å². The number of carbonyl (C=O) groups is 1. The minimum Gasteiger partial charge on any atom is -0.338 e. The Hall–Kier alpha value is -0.390. The van der Waals surface area contributed by atoms with E-state index >= 15 is 0 Å². The highest BCUT2D eigenvalue weighted by atomic mass is 79.9. The van der Waals surface area contributed by atoms with Gasteiger partial charge >= 0.3 is 0 Å². The quantitative estimate of drug-likeness (QED) is 0.909. The van der Waals surface area contributed by atoms with Gasteiger partial charge in [-0.25, -0.2) is 0 Å². The molecule has 94 valence electrons. The summed E-state index contributed by atoms with van der Waals surface area (Å²) in [5.41, 5.74) is 1.14. The zero-order valence-corrected chi connectivity index (χ0v) is 12.5. The molecule has 0 unspecified atom stereocenters. The second-order valence-electron chi connectivity index (χ2n) is 4.46. The number of aryl methyl sites for hydroxylation is 1. The summed E-state index contributed by atoms with van der Waals surface area (Å²) in [6.45, 7) is 4.03. The molecule has 0 aromatic carbocycles. The van der Waals surface area contributed by atoms with Crippen molar-refractivity contribution in [3.63, 3.8) is 0 Å². The first-order chi connectivity index (χ1) is 8.09. The molecule has 3 nitrogen and oxygen atoms in total. The lowest BCUT2D eigenvalue weighted by Gasteiger charge is -2.31. The maximum atomic E-state index is 12.3. The van der Waals surface area contributed by atoms with Gasteiger partial charge in [0.1, 0.15) is 0 Å². The van der Waals surface area contributed by atoms with Gasteiger partial charge in [0.2, 0.25) is 0 Å². The zero-order valence-electron chi connectivity index (χ0n) is 10.1. The van der Waals surface area contributed by atoms with E-state index in [-0.39, 0.29) is 5.91 Å². The van der Waals surface area contributed by atoms with Gasteiger partial charge in [-0.05, 0) is 60.4 Å². The zero-order chi connectivity index (χ0) is 12.4.